The number of ether oxygens (including phenoxy) is 3. The molecule has 0 amide bonds. The molecular weight excluding hydrogens is 805 g/mol. The Morgan fingerprint density at radius 1 is 0.323 bits per heavy atom. The molecular formula is C59H104O6. The van der Waals surface area contributed by atoms with Gasteiger partial charge in [-0.25, -0.2) is 0 Å². The number of carbonyl (C=O) groups is 3. The van der Waals surface area contributed by atoms with Crippen LogP contribution in [0.3, 0.4) is 0 Å². The van der Waals surface area contributed by atoms with E-state index in [1.807, 2.05) is 0 Å². The van der Waals surface area contributed by atoms with E-state index in [-0.39, 0.29) is 31.1 Å². The van der Waals surface area contributed by atoms with Gasteiger partial charge in [-0.15, -0.1) is 0 Å². The van der Waals surface area contributed by atoms with Gasteiger partial charge in [-0.05, 0) is 64.2 Å². The van der Waals surface area contributed by atoms with Crippen LogP contribution in [0.5, 0.6) is 0 Å². The second-order valence-electron chi connectivity index (χ2n) is 18.5. The normalized spacial score (nSPS) is 12.5. The van der Waals surface area contributed by atoms with Gasteiger partial charge in [0.25, 0.3) is 0 Å². The van der Waals surface area contributed by atoms with E-state index in [0.29, 0.717) is 19.3 Å². The van der Waals surface area contributed by atoms with Gasteiger partial charge in [-0.2, -0.15) is 0 Å². The van der Waals surface area contributed by atoms with E-state index >= 15 is 0 Å². The maximum Gasteiger partial charge on any atom is 0.306 e. The number of allylic oxidation sites excluding steroid dienone is 10. The van der Waals surface area contributed by atoms with Crippen LogP contribution in [0.1, 0.15) is 278 Å². The lowest BCUT2D eigenvalue weighted by atomic mass is 10.0. The zero-order valence-corrected chi connectivity index (χ0v) is 43.0. The third kappa shape index (κ3) is 51.9. The Morgan fingerprint density at radius 2 is 0.600 bits per heavy atom. The Labute approximate surface area is 402 Å². The highest BCUT2D eigenvalue weighted by Gasteiger charge is 2.19. The van der Waals surface area contributed by atoms with Crippen molar-refractivity contribution in [3.8, 4) is 0 Å². The van der Waals surface area contributed by atoms with Gasteiger partial charge in [0.2, 0.25) is 0 Å². The minimum absolute atomic E-state index is 0.0698. The predicted molar refractivity (Wildman–Crippen MR) is 279 cm³/mol. The third-order valence-electron chi connectivity index (χ3n) is 12.0. The lowest BCUT2D eigenvalue weighted by Crippen LogP contribution is -2.30. The van der Waals surface area contributed by atoms with Crippen LogP contribution < -0.4 is 0 Å². The molecule has 6 nitrogen and oxygen atoms in total. The van der Waals surface area contributed by atoms with E-state index in [9.17, 15) is 14.4 Å². The summed E-state index contributed by atoms with van der Waals surface area (Å²) in [6.07, 6.45) is 67.3. The second-order valence-corrected chi connectivity index (χ2v) is 18.5. The molecule has 1 atom stereocenters. The topological polar surface area (TPSA) is 78.9 Å². The van der Waals surface area contributed by atoms with Crippen molar-refractivity contribution in [2.24, 2.45) is 0 Å². The molecule has 65 heavy (non-hydrogen) atoms. The SMILES string of the molecule is CC/C=C\C/C=C\C/C=C\C/C=C\C/C=C\CCCCCCCCCCCCCCCCCCCCCC(=O)OCC(COC(=O)CCCCCCC)OC(=O)CCCCCCCCC. The lowest BCUT2D eigenvalue weighted by molar-refractivity contribution is -0.167. The van der Waals surface area contributed by atoms with Crippen molar-refractivity contribution in [1.82, 2.24) is 0 Å². The Hall–Kier alpha value is -2.89. The Bertz CT molecular complexity index is 1180. The van der Waals surface area contributed by atoms with Gasteiger partial charge in [0.05, 0.1) is 0 Å². The molecule has 0 rings (SSSR count). The molecule has 6 heteroatoms. The first kappa shape index (κ1) is 62.1. The maximum absolute atomic E-state index is 12.6. The molecule has 0 fully saturated rings. The minimum atomic E-state index is -0.761. The monoisotopic (exact) mass is 909 g/mol. The smallest absolute Gasteiger partial charge is 0.306 e. The van der Waals surface area contributed by atoms with Crippen LogP contribution in [0.2, 0.25) is 0 Å². The van der Waals surface area contributed by atoms with E-state index in [4.69, 9.17) is 14.2 Å². The van der Waals surface area contributed by atoms with E-state index < -0.39 is 6.10 Å². The van der Waals surface area contributed by atoms with Crippen molar-refractivity contribution in [2.45, 2.75) is 284 Å². The summed E-state index contributed by atoms with van der Waals surface area (Å²) in [5, 5.41) is 0. The summed E-state index contributed by atoms with van der Waals surface area (Å²) in [7, 11) is 0. The summed E-state index contributed by atoms with van der Waals surface area (Å²) in [4.78, 5) is 37.4. The van der Waals surface area contributed by atoms with Gasteiger partial charge >= 0.3 is 17.9 Å². The molecule has 0 radical (unpaired) electrons. The summed E-state index contributed by atoms with van der Waals surface area (Å²) in [6, 6.07) is 0. The molecule has 0 aliphatic carbocycles. The van der Waals surface area contributed by atoms with Crippen molar-refractivity contribution in [1.29, 1.82) is 0 Å². The lowest BCUT2D eigenvalue weighted by Gasteiger charge is -2.18. The van der Waals surface area contributed by atoms with Gasteiger partial charge in [0, 0.05) is 19.3 Å². The van der Waals surface area contributed by atoms with E-state index in [1.165, 1.54) is 141 Å². The standard InChI is InChI=1S/C59H104O6/c1-4-7-10-13-15-16-17-18-19-20-21-22-23-24-25-26-27-28-29-30-31-32-33-34-35-36-37-38-39-40-41-42-44-46-49-52-58(61)64-55-56(54-63-57(60)51-48-45-12-9-6-3)65-59(62)53-50-47-43-14-11-8-5-2/h7,10,15-16,18-19,21-22,24-25,56H,4-6,8-9,11-14,17,20,23,26-55H2,1-3H3/b10-7-,16-15-,19-18-,22-21-,25-24-. The summed E-state index contributed by atoms with van der Waals surface area (Å²) >= 11 is 0. The molecule has 0 saturated carbocycles. The third-order valence-corrected chi connectivity index (χ3v) is 12.0. The zero-order chi connectivity index (χ0) is 47.2. The van der Waals surface area contributed by atoms with Crippen molar-refractivity contribution in [2.75, 3.05) is 13.2 Å². The fourth-order valence-electron chi connectivity index (χ4n) is 7.88. The molecule has 0 aromatic heterocycles. The number of hydrogen-bond acceptors (Lipinski definition) is 6. The average molecular weight is 909 g/mol. The van der Waals surface area contributed by atoms with E-state index in [1.54, 1.807) is 0 Å². The molecule has 0 aliphatic rings. The van der Waals surface area contributed by atoms with Gasteiger partial charge in [-0.1, -0.05) is 255 Å². The summed E-state index contributed by atoms with van der Waals surface area (Å²) < 4.78 is 16.6. The van der Waals surface area contributed by atoms with Gasteiger partial charge in [-0.3, -0.25) is 14.4 Å². The van der Waals surface area contributed by atoms with Crippen LogP contribution in [-0.2, 0) is 28.6 Å². The number of carbonyl (C=O) groups excluding carboxylic acids is 3. The highest BCUT2D eigenvalue weighted by Crippen LogP contribution is 2.16. The molecule has 376 valence electrons. The number of unbranched alkanes of at least 4 members (excludes halogenated alkanes) is 29. The Morgan fingerprint density at radius 3 is 0.938 bits per heavy atom. The van der Waals surface area contributed by atoms with Gasteiger partial charge in [0.1, 0.15) is 13.2 Å². The largest absolute Gasteiger partial charge is 0.462 e. The first-order valence-corrected chi connectivity index (χ1v) is 27.8. The zero-order valence-electron chi connectivity index (χ0n) is 43.0. The molecule has 0 aliphatic heterocycles. The van der Waals surface area contributed by atoms with Gasteiger partial charge < -0.3 is 14.2 Å². The van der Waals surface area contributed by atoms with E-state index in [0.717, 1.165) is 96.3 Å². The van der Waals surface area contributed by atoms with Crippen molar-refractivity contribution in [3.63, 3.8) is 0 Å². The first-order valence-electron chi connectivity index (χ1n) is 27.8. The molecule has 0 heterocycles. The van der Waals surface area contributed by atoms with Crippen LogP contribution in [0.25, 0.3) is 0 Å². The minimum Gasteiger partial charge on any atom is -0.462 e. The number of rotatable bonds is 50. The van der Waals surface area contributed by atoms with Crippen molar-refractivity contribution in [3.05, 3.63) is 60.8 Å². The maximum atomic E-state index is 12.6. The molecule has 1 unspecified atom stereocenters. The summed E-state index contributed by atoms with van der Waals surface area (Å²) in [5.41, 5.74) is 0. The van der Waals surface area contributed by atoms with Gasteiger partial charge in [0.15, 0.2) is 6.10 Å². The highest BCUT2D eigenvalue weighted by molar-refractivity contribution is 5.71. The molecule has 0 N–H and O–H groups in total. The summed E-state index contributed by atoms with van der Waals surface area (Å²) in [6.45, 7) is 6.40. The molecule has 0 bridgehead atoms. The fraction of sp³-hybridized carbons (Fsp3) is 0.780. The quantitative estimate of drug-likeness (QED) is 0.0262. The Balaban J connectivity index is 3.77. The molecule has 0 aromatic rings. The van der Waals surface area contributed by atoms with Crippen LogP contribution >= 0.6 is 0 Å². The highest BCUT2D eigenvalue weighted by atomic mass is 16.6. The van der Waals surface area contributed by atoms with Crippen molar-refractivity contribution < 1.29 is 28.6 Å². The molecule has 0 saturated heterocycles. The number of hydrogen-bond donors (Lipinski definition) is 0. The molecule has 0 spiro atoms. The predicted octanol–water partition coefficient (Wildman–Crippen LogP) is 18.4. The summed E-state index contributed by atoms with van der Waals surface area (Å²) in [5.74, 6) is -0.884. The van der Waals surface area contributed by atoms with E-state index in [2.05, 4.69) is 81.5 Å². The second kappa shape index (κ2) is 53.7. The fourth-order valence-corrected chi connectivity index (χ4v) is 7.88. The van der Waals surface area contributed by atoms with Crippen molar-refractivity contribution >= 4 is 17.9 Å². The Kier molecular flexibility index (Phi) is 51.3. The average Bonchev–Trinajstić information content (AvgIpc) is 3.30. The first-order chi connectivity index (χ1) is 32.0. The van der Waals surface area contributed by atoms with Crippen LogP contribution in [-0.4, -0.2) is 37.2 Å². The molecule has 0 aromatic carbocycles. The van der Waals surface area contributed by atoms with Crippen LogP contribution in [0.15, 0.2) is 60.8 Å². The van der Waals surface area contributed by atoms with Crippen LogP contribution in [0, 0.1) is 0 Å². The number of esters is 3. The van der Waals surface area contributed by atoms with Crippen LogP contribution in [0.4, 0.5) is 0 Å².